The summed E-state index contributed by atoms with van der Waals surface area (Å²) in [7, 11) is 0. The minimum absolute atomic E-state index is 0.0454. The SMILES string of the molecule is C#Cc1ccc2c(c1)c1cc(C#N)ccc1n2C(C)(C)C.CC(C)(C)N(c1ccccc1)c1ccccc1.CC(C)(C)n1c2ccccc2c2cccc(-n3c4ccccc4c4ccccc43)c21.CC(C)(C)n1cccc1.Cc1ccc(C)n1C(C)(C)C.Cc1ccc(C)n1C(C)(C)C. The summed E-state index contributed by atoms with van der Waals surface area (Å²) in [5.41, 5.74) is 18.6. The van der Waals surface area contributed by atoms with Crippen molar-refractivity contribution in [3.8, 4) is 24.1 Å². The van der Waals surface area contributed by atoms with Gasteiger partial charge in [0.15, 0.2) is 0 Å². The molecule has 14 rings (SSSR count). The number of benzene rings is 8. The monoisotopic (exact) mass is 1310 g/mol. The number of hydrogen-bond acceptors (Lipinski definition) is 2. The van der Waals surface area contributed by atoms with E-state index < -0.39 is 0 Å². The van der Waals surface area contributed by atoms with Gasteiger partial charge < -0.3 is 32.3 Å². The second kappa shape index (κ2) is 29.1. The largest absolute Gasteiger partial charge is 0.349 e. The van der Waals surface area contributed by atoms with Crippen LogP contribution in [0.3, 0.4) is 0 Å². The van der Waals surface area contributed by atoms with Crippen molar-refractivity contribution < 1.29 is 0 Å². The third-order valence-electron chi connectivity index (χ3n) is 17.9. The number of nitrogens with zero attached hydrogens (tertiary/aromatic N) is 8. The number of rotatable bonds is 3. The predicted octanol–water partition coefficient (Wildman–Crippen LogP) is 24.6. The number of aryl methyl sites for hydroxylation is 4. The third kappa shape index (κ3) is 16.2. The molecular formula is C91H106N8. The van der Waals surface area contributed by atoms with Crippen molar-refractivity contribution in [2.45, 2.75) is 186 Å². The Morgan fingerprint density at radius 2 is 0.677 bits per heavy atom. The number of hydrogen-bond donors (Lipinski definition) is 0. The van der Waals surface area contributed by atoms with Crippen LogP contribution in [-0.4, -0.2) is 32.9 Å². The van der Waals surface area contributed by atoms with Crippen LogP contribution in [-0.2, 0) is 27.7 Å². The van der Waals surface area contributed by atoms with Crippen molar-refractivity contribution in [2.24, 2.45) is 0 Å². The fourth-order valence-electron chi connectivity index (χ4n) is 14.3. The highest BCUT2D eigenvalue weighted by Gasteiger charge is 2.27. The van der Waals surface area contributed by atoms with Gasteiger partial charge >= 0.3 is 0 Å². The Hall–Kier alpha value is -10.2. The Morgan fingerprint density at radius 3 is 1.04 bits per heavy atom. The highest BCUT2D eigenvalue weighted by molar-refractivity contribution is 6.14. The molecule has 6 aromatic heterocycles. The lowest BCUT2D eigenvalue weighted by molar-refractivity contribution is 0.383. The van der Waals surface area contributed by atoms with E-state index in [0.29, 0.717) is 5.56 Å². The molecule has 510 valence electrons. The lowest BCUT2D eigenvalue weighted by Crippen LogP contribution is -2.37. The average Bonchev–Trinajstić information content (AvgIpc) is 1.57. The van der Waals surface area contributed by atoms with Crippen molar-refractivity contribution in [1.29, 1.82) is 5.26 Å². The highest BCUT2D eigenvalue weighted by Crippen LogP contribution is 2.41. The molecule has 0 atom stereocenters. The second-order valence-electron chi connectivity index (χ2n) is 32.0. The van der Waals surface area contributed by atoms with Crippen molar-refractivity contribution >= 4 is 76.8 Å². The lowest BCUT2D eigenvalue weighted by atomic mass is 10.0. The second-order valence-corrected chi connectivity index (χ2v) is 32.0. The molecule has 0 aliphatic heterocycles. The zero-order valence-electron chi connectivity index (χ0n) is 63.2. The van der Waals surface area contributed by atoms with E-state index in [-0.39, 0.29) is 33.2 Å². The molecule has 8 nitrogen and oxygen atoms in total. The van der Waals surface area contributed by atoms with E-state index in [1.807, 2.05) is 42.5 Å². The van der Waals surface area contributed by atoms with Crippen LogP contribution < -0.4 is 4.90 Å². The van der Waals surface area contributed by atoms with Crippen LogP contribution in [0, 0.1) is 51.4 Å². The van der Waals surface area contributed by atoms with Gasteiger partial charge in [-0.3, -0.25) is 0 Å². The summed E-state index contributed by atoms with van der Waals surface area (Å²) in [4.78, 5) is 2.35. The zero-order chi connectivity index (χ0) is 72.2. The van der Waals surface area contributed by atoms with Crippen LogP contribution in [0.1, 0.15) is 159 Å². The molecule has 0 bridgehead atoms. The van der Waals surface area contributed by atoms with Gasteiger partial charge in [0, 0.05) is 134 Å². The summed E-state index contributed by atoms with van der Waals surface area (Å²) in [6.45, 7) is 48.6. The normalized spacial score (nSPS) is 11.9. The summed E-state index contributed by atoms with van der Waals surface area (Å²) in [6.07, 6.45) is 9.69. The number of para-hydroxylation sites is 6. The molecule has 0 N–H and O–H groups in total. The minimum Gasteiger partial charge on any atom is -0.349 e. The topological polar surface area (TPSA) is 56.6 Å². The molecular weight excluding hydrogens is 1210 g/mol. The Balaban J connectivity index is 0.000000147. The van der Waals surface area contributed by atoms with Crippen LogP contribution in [0.2, 0.25) is 0 Å². The van der Waals surface area contributed by atoms with E-state index in [1.54, 1.807) is 0 Å². The number of anilines is 2. The maximum absolute atomic E-state index is 9.15. The van der Waals surface area contributed by atoms with Crippen LogP contribution in [0.4, 0.5) is 11.4 Å². The Kier molecular flexibility index (Phi) is 21.5. The molecule has 0 saturated carbocycles. The van der Waals surface area contributed by atoms with Gasteiger partial charge in [0.1, 0.15) is 0 Å². The van der Waals surface area contributed by atoms with Crippen LogP contribution in [0.5, 0.6) is 0 Å². The molecule has 0 amide bonds. The molecule has 99 heavy (non-hydrogen) atoms. The van der Waals surface area contributed by atoms with Crippen molar-refractivity contribution in [3.63, 3.8) is 0 Å². The molecule has 0 spiro atoms. The molecule has 0 saturated heterocycles. The third-order valence-corrected chi connectivity index (χ3v) is 17.9. The van der Waals surface area contributed by atoms with E-state index in [2.05, 4.69) is 391 Å². The predicted molar refractivity (Wildman–Crippen MR) is 428 cm³/mol. The highest BCUT2D eigenvalue weighted by atomic mass is 15.2. The van der Waals surface area contributed by atoms with Crippen molar-refractivity contribution in [1.82, 2.24) is 27.4 Å². The van der Waals surface area contributed by atoms with Gasteiger partial charge in [-0.05, 0) is 274 Å². The standard InChI is InChI=1S/C28H24N2.C19H16N2.C16H19N.2C10H17N.C8H13N/c1-28(2,3)30-25-17-9-6-13-21(25)22-14-10-18-26(27(22)30)29-23-15-7-4-11-19(23)20-12-5-8-16-24(20)29;1-5-13-6-8-17-15(10-13)16-11-14(12-20)7-9-18(16)21(17)19(2,3)4;1-16(2,3)17(14-10-6-4-7-11-14)15-12-8-5-9-13-15;2*1-8-6-7-9(2)11(8)10(3,4)5;1-8(2,3)9-6-4-5-7-9/h4-18H,1-3H3;1,6-11H,2-4H3;4-13H,1-3H3;2*6-7H,1-5H3;4-7H,1-3H3. The fraction of sp³-hybridized carbons (Fsp3) is 0.308. The van der Waals surface area contributed by atoms with Gasteiger partial charge in [0.25, 0.3) is 0 Å². The van der Waals surface area contributed by atoms with Crippen molar-refractivity contribution in [2.75, 3.05) is 4.90 Å². The molecule has 6 heterocycles. The minimum atomic E-state index is -0.0498. The maximum Gasteiger partial charge on any atom is 0.0991 e. The molecule has 14 aromatic rings. The first-order valence-electron chi connectivity index (χ1n) is 34.9. The molecule has 0 fully saturated rings. The van der Waals surface area contributed by atoms with E-state index >= 15 is 0 Å². The van der Waals surface area contributed by atoms with Gasteiger partial charge in [-0.15, -0.1) is 6.42 Å². The zero-order valence-corrected chi connectivity index (χ0v) is 63.2. The van der Waals surface area contributed by atoms with Gasteiger partial charge in [-0.2, -0.15) is 5.26 Å². The van der Waals surface area contributed by atoms with Gasteiger partial charge in [0.05, 0.1) is 33.9 Å². The van der Waals surface area contributed by atoms with Gasteiger partial charge in [-0.25, -0.2) is 0 Å². The summed E-state index contributed by atoms with van der Waals surface area (Å²) < 4.78 is 14.1. The Morgan fingerprint density at radius 1 is 0.323 bits per heavy atom. The van der Waals surface area contributed by atoms with Gasteiger partial charge in [0.2, 0.25) is 0 Å². The number of nitriles is 1. The van der Waals surface area contributed by atoms with Gasteiger partial charge in [-0.1, -0.05) is 109 Å². The van der Waals surface area contributed by atoms with E-state index in [0.717, 1.165) is 27.4 Å². The fourth-order valence-corrected chi connectivity index (χ4v) is 14.3. The smallest absolute Gasteiger partial charge is 0.0991 e. The molecule has 0 radical (unpaired) electrons. The van der Waals surface area contributed by atoms with Crippen molar-refractivity contribution in [3.05, 3.63) is 271 Å². The van der Waals surface area contributed by atoms with E-state index in [4.69, 9.17) is 11.7 Å². The first-order chi connectivity index (χ1) is 46.6. The summed E-state index contributed by atoms with van der Waals surface area (Å²) >= 11 is 0. The number of aromatic nitrogens is 6. The molecule has 8 heteroatoms. The first kappa shape index (κ1) is 73.1. The van der Waals surface area contributed by atoms with E-state index in [9.17, 15) is 0 Å². The summed E-state index contributed by atoms with van der Waals surface area (Å²) in [5, 5.41) is 16.5. The first-order valence-corrected chi connectivity index (χ1v) is 34.9. The quantitative estimate of drug-likeness (QED) is 0.166. The Bertz CT molecular complexity index is 4870. The van der Waals surface area contributed by atoms with Crippen LogP contribution in [0.15, 0.2) is 237 Å². The molecule has 0 aliphatic carbocycles. The van der Waals surface area contributed by atoms with E-state index in [1.165, 1.54) is 83.4 Å². The average molecular weight is 1310 g/mol. The van der Waals surface area contributed by atoms with Crippen LogP contribution in [0.25, 0.3) is 71.1 Å². The molecule has 0 unspecified atom stereocenters. The molecule has 8 aromatic carbocycles. The maximum atomic E-state index is 9.15. The number of fused-ring (bicyclic) bond motifs is 9. The van der Waals surface area contributed by atoms with Crippen LogP contribution >= 0.6 is 0 Å². The number of terminal acetylenes is 1. The summed E-state index contributed by atoms with van der Waals surface area (Å²) in [6, 6.07) is 80.9. The molecule has 0 aliphatic rings. The summed E-state index contributed by atoms with van der Waals surface area (Å²) in [5.74, 6) is 2.69. The Labute approximate surface area is 591 Å². The lowest BCUT2D eigenvalue weighted by Gasteiger charge is -2.37.